The van der Waals surface area contributed by atoms with Crippen molar-refractivity contribution in [2.45, 2.75) is 0 Å². The maximum atomic E-state index is 12.6. The Kier molecular flexibility index (Phi) is 6.55. The molecule has 4 aromatic rings. The lowest BCUT2D eigenvalue weighted by Gasteiger charge is -2.13. The molecule has 0 atom stereocenters. The van der Waals surface area contributed by atoms with Crippen LogP contribution in [0.15, 0.2) is 64.4 Å². The van der Waals surface area contributed by atoms with E-state index in [4.69, 9.17) is 39.5 Å². The van der Waals surface area contributed by atoms with Crippen molar-refractivity contribution in [2.75, 3.05) is 5.32 Å². The molecule has 0 saturated carbocycles. The SMILES string of the molecule is O=C(Nc1ccc(Cl)nc1)c1cc(Oc2c(Cl)cc(-n3ncc(=O)[nH]c3=O)cc2Cl)ccc1O. The summed E-state index contributed by atoms with van der Waals surface area (Å²) in [5.41, 5.74) is -0.963. The summed E-state index contributed by atoms with van der Waals surface area (Å²) in [6, 6.07) is 9.74. The summed E-state index contributed by atoms with van der Waals surface area (Å²) in [4.78, 5) is 41.8. The van der Waals surface area contributed by atoms with Crippen LogP contribution in [-0.2, 0) is 0 Å². The molecular weight excluding hydrogens is 509 g/mol. The molecule has 4 rings (SSSR count). The average molecular weight is 521 g/mol. The van der Waals surface area contributed by atoms with Crippen molar-refractivity contribution in [3.05, 3.63) is 96.5 Å². The van der Waals surface area contributed by atoms with E-state index in [1.807, 2.05) is 0 Å². The van der Waals surface area contributed by atoms with E-state index in [1.165, 1.54) is 42.6 Å². The number of phenols is 1. The highest BCUT2D eigenvalue weighted by Gasteiger charge is 2.17. The van der Waals surface area contributed by atoms with Gasteiger partial charge in [-0.3, -0.25) is 14.6 Å². The lowest BCUT2D eigenvalue weighted by atomic mass is 10.1. The molecule has 2 aromatic carbocycles. The molecule has 0 bridgehead atoms. The van der Waals surface area contributed by atoms with Crippen LogP contribution in [0.1, 0.15) is 10.4 Å². The third kappa shape index (κ3) is 5.04. The van der Waals surface area contributed by atoms with Gasteiger partial charge in [0.05, 0.1) is 33.2 Å². The molecule has 0 unspecified atom stereocenters. The molecule has 0 saturated heterocycles. The number of amides is 1. The third-order valence-electron chi connectivity index (χ3n) is 4.36. The Balaban J connectivity index is 1.61. The van der Waals surface area contributed by atoms with E-state index in [1.54, 1.807) is 6.07 Å². The van der Waals surface area contributed by atoms with Gasteiger partial charge >= 0.3 is 5.69 Å². The fraction of sp³-hybridized carbons (Fsp3) is 0. The summed E-state index contributed by atoms with van der Waals surface area (Å²) in [7, 11) is 0. The Morgan fingerprint density at radius 2 is 1.76 bits per heavy atom. The number of aromatic amines is 1. The van der Waals surface area contributed by atoms with E-state index < -0.39 is 17.2 Å². The first-order valence-corrected chi connectivity index (χ1v) is 10.5. The van der Waals surface area contributed by atoms with Gasteiger partial charge in [0.2, 0.25) is 0 Å². The molecule has 0 fully saturated rings. The standard InChI is InChI=1S/C21H12Cl3N5O5/c22-14-5-11(29-21(33)28-18(31)9-26-29)6-15(23)19(14)34-12-2-3-16(30)13(7-12)20(32)27-10-1-4-17(24)25-8-10/h1-9,30H,(H,27,32)(H,28,31,33). The topological polar surface area (TPSA) is 139 Å². The van der Waals surface area contributed by atoms with E-state index in [2.05, 4.69) is 20.4 Å². The summed E-state index contributed by atoms with van der Waals surface area (Å²) in [6.45, 7) is 0. The minimum atomic E-state index is -0.779. The van der Waals surface area contributed by atoms with Gasteiger partial charge in [-0.1, -0.05) is 34.8 Å². The van der Waals surface area contributed by atoms with Crippen LogP contribution in [0.3, 0.4) is 0 Å². The zero-order chi connectivity index (χ0) is 24.4. The highest BCUT2D eigenvalue weighted by Crippen LogP contribution is 2.39. The number of ether oxygens (including phenoxy) is 1. The number of H-pyrrole nitrogens is 1. The normalized spacial score (nSPS) is 10.7. The summed E-state index contributed by atoms with van der Waals surface area (Å²) in [5, 5.41) is 16.8. The zero-order valence-corrected chi connectivity index (χ0v) is 19.0. The number of carbonyl (C=O) groups is 1. The van der Waals surface area contributed by atoms with Crippen LogP contribution in [0.5, 0.6) is 17.2 Å². The van der Waals surface area contributed by atoms with Crippen LogP contribution in [0.4, 0.5) is 5.69 Å². The Hall–Kier alpha value is -3.86. The summed E-state index contributed by atoms with van der Waals surface area (Å²) >= 11 is 18.3. The summed E-state index contributed by atoms with van der Waals surface area (Å²) in [5.74, 6) is -0.734. The predicted molar refractivity (Wildman–Crippen MR) is 126 cm³/mol. The first-order valence-electron chi connectivity index (χ1n) is 9.33. The highest BCUT2D eigenvalue weighted by molar-refractivity contribution is 6.37. The Morgan fingerprint density at radius 3 is 2.41 bits per heavy atom. The van der Waals surface area contributed by atoms with Gasteiger partial charge in [0, 0.05) is 0 Å². The van der Waals surface area contributed by atoms with Crippen LogP contribution in [-0.4, -0.2) is 30.8 Å². The van der Waals surface area contributed by atoms with Gasteiger partial charge < -0.3 is 15.2 Å². The molecule has 0 aliphatic rings. The quantitative estimate of drug-likeness (QED) is 0.338. The number of pyridine rings is 1. The van der Waals surface area contributed by atoms with E-state index in [0.717, 1.165) is 10.9 Å². The number of benzene rings is 2. The zero-order valence-electron chi connectivity index (χ0n) is 16.8. The number of phenolic OH excluding ortho intramolecular Hbond substituents is 1. The second-order valence-electron chi connectivity index (χ2n) is 6.69. The lowest BCUT2D eigenvalue weighted by Crippen LogP contribution is -2.30. The van der Waals surface area contributed by atoms with Crippen molar-refractivity contribution in [2.24, 2.45) is 0 Å². The van der Waals surface area contributed by atoms with Gasteiger partial charge in [0.15, 0.2) is 5.75 Å². The minimum absolute atomic E-state index is 0.0220. The van der Waals surface area contributed by atoms with Crippen LogP contribution in [0.2, 0.25) is 15.2 Å². The number of carbonyl (C=O) groups excluding carboxylic acids is 1. The smallest absolute Gasteiger partial charge is 0.349 e. The van der Waals surface area contributed by atoms with Gasteiger partial charge in [-0.25, -0.2) is 9.78 Å². The Morgan fingerprint density at radius 1 is 1.03 bits per heavy atom. The Bertz CT molecular complexity index is 1500. The van der Waals surface area contributed by atoms with Crippen LogP contribution >= 0.6 is 34.8 Å². The summed E-state index contributed by atoms with van der Waals surface area (Å²) in [6.07, 6.45) is 2.29. The number of hydrogen-bond donors (Lipinski definition) is 3. The first-order chi connectivity index (χ1) is 16.2. The maximum Gasteiger partial charge on any atom is 0.349 e. The van der Waals surface area contributed by atoms with E-state index in [9.17, 15) is 19.5 Å². The van der Waals surface area contributed by atoms with Crippen molar-refractivity contribution in [3.8, 4) is 22.9 Å². The molecule has 13 heteroatoms. The molecule has 172 valence electrons. The number of nitrogens with one attached hydrogen (secondary N) is 2. The van der Waals surface area contributed by atoms with Crippen molar-refractivity contribution in [3.63, 3.8) is 0 Å². The van der Waals surface area contributed by atoms with Crippen molar-refractivity contribution < 1.29 is 14.6 Å². The van der Waals surface area contributed by atoms with Crippen molar-refractivity contribution >= 4 is 46.4 Å². The number of hydrogen-bond acceptors (Lipinski definition) is 7. The number of rotatable bonds is 5. The molecule has 0 radical (unpaired) electrons. The van der Waals surface area contributed by atoms with E-state index in [-0.39, 0.29) is 43.7 Å². The van der Waals surface area contributed by atoms with Crippen LogP contribution in [0, 0.1) is 0 Å². The second kappa shape index (κ2) is 9.56. The van der Waals surface area contributed by atoms with Crippen molar-refractivity contribution in [1.82, 2.24) is 19.7 Å². The molecule has 3 N–H and O–H groups in total. The molecule has 0 spiro atoms. The highest BCUT2D eigenvalue weighted by atomic mass is 35.5. The number of aromatic hydroxyl groups is 1. The molecule has 0 aliphatic heterocycles. The van der Waals surface area contributed by atoms with Gasteiger partial charge in [0.25, 0.3) is 11.5 Å². The average Bonchev–Trinajstić information content (AvgIpc) is 2.78. The van der Waals surface area contributed by atoms with Gasteiger partial charge in [-0.05, 0) is 42.5 Å². The number of aromatic nitrogens is 4. The first kappa shape index (κ1) is 23.3. The van der Waals surface area contributed by atoms with Crippen LogP contribution in [0.25, 0.3) is 5.69 Å². The monoisotopic (exact) mass is 519 g/mol. The van der Waals surface area contributed by atoms with Gasteiger partial charge in [0.1, 0.15) is 22.8 Å². The minimum Gasteiger partial charge on any atom is -0.507 e. The van der Waals surface area contributed by atoms with Gasteiger partial charge in [-0.2, -0.15) is 9.78 Å². The molecule has 10 nitrogen and oxygen atoms in total. The molecule has 2 aromatic heterocycles. The molecule has 2 heterocycles. The lowest BCUT2D eigenvalue weighted by molar-refractivity contribution is 0.102. The number of nitrogens with zero attached hydrogens (tertiary/aromatic N) is 3. The summed E-state index contributed by atoms with van der Waals surface area (Å²) < 4.78 is 6.64. The molecular formula is C21H12Cl3N5O5. The molecule has 34 heavy (non-hydrogen) atoms. The second-order valence-corrected chi connectivity index (χ2v) is 7.90. The number of halogens is 3. The number of anilines is 1. The third-order valence-corrected chi connectivity index (χ3v) is 5.14. The van der Waals surface area contributed by atoms with Gasteiger partial charge in [-0.15, -0.1) is 0 Å². The van der Waals surface area contributed by atoms with E-state index in [0.29, 0.717) is 5.69 Å². The maximum absolute atomic E-state index is 12.6. The largest absolute Gasteiger partial charge is 0.507 e. The predicted octanol–water partition coefficient (Wildman–Crippen LogP) is 4.03. The fourth-order valence-electron chi connectivity index (χ4n) is 2.83. The van der Waals surface area contributed by atoms with E-state index >= 15 is 0 Å². The van der Waals surface area contributed by atoms with Crippen LogP contribution < -0.4 is 21.3 Å². The molecule has 0 aliphatic carbocycles. The fourth-order valence-corrected chi connectivity index (χ4v) is 3.49. The molecule has 1 amide bonds. The Labute approximate surface area is 205 Å². The van der Waals surface area contributed by atoms with Crippen molar-refractivity contribution in [1.29, 1.82) is 0 Å².